The molecule has 0 bridgehead atoms. The van der Waals surface area contributed by atoms with E-state index in [-0.39, 0.29) is 18.0 Å². The third-order valence-corrected chi connectivity index (χ3v) is 5.64. The minimum atomic E-state index is -0.254. The van der Waals surface area contributed by atoms with Crippen LogP contribution in [0.4, 0.5) is 15.0 Å². The van der Waals surface area contributed by atoms with Crippen LogP contribution in [0.5, 0.6) is 0 Å². The zero-order valence-corrected chi connectivity index (χ0v) is 18.4. The summed E-state index contributed by atoms with van der Waals surface area (Å²) in [5, 5.41) is 4.41. The van der Waals surface area contributed by atoms with Crippen molar-refractivity contribution in [1.82, 2.24) is 19.8 Å². The Morgan fingerprint density at radius 1 is 1.09 bits per heavy atom. The standard InChI is InChI=1S/C24H28FN5O2/c1-3-32-24(31)30-14-12-29(13-15-30)16-22-27-21-7-5-4-6-20(21)23(28-22)26-17(2)18-8-10-19(25)11-9-18/h4-11,17H,3,12-16H2,1-2H3,(H,26,27,28). The molecule has 1 fully saturated rings. The van der Waals surface area contributed by atoms with Gasteiger partial charge in [0.05, 0.1) is 18.7 Å². The Bertz CT molecular complexity index is 1070. The lowest BCUT2D eigenvalue weighted by Gasteiger charge is -2.33. The summed E-state index contributed by atoms with van der Waals surface area (Å²) < 4.78 is 18.4. The van der Waals surface area contributed by atoms with Gasteiger partial charge >= 0.3 is 6.09 Å². The van der Waals surface area contributed by atoms with Crippen LogP contribution in [0.3, 0.4) is 0 Å². The van der Waals surface area contributed by atoms with Gasteiger partial charge in [-0.05, 0) is 43.7 Å². The zero-order chi connectivity index (χ0) is 22.5. The number of piperazine rings is 1. The predicted molar refractivity (Wildman–Crippen MR) is 122 cm³/mol. The molecule has 7 nitrogen and oxygen atoms in total. The van der Waals surface area contributed by atoms with Crippen molar-refractivity contribution in [2.45, 2.75) is 26.4 Å². The summed E-state index contributed by atoms with van der Waals surface area (Å²) in [4.78, 5) is 25.5. The number of fused-ring (bicyclic) bond motifs is 1. The van der Waals surface area contributed by atoms with E-state index in [1.807, 2.05) is 38.1 Å². The number of amides is 1. The Morgan fingerprint density at radius 3 is 2.53 bits per heavy atom. The van der Waals surface area contributed by atoms with Gasteiger partial charge in [0, 0.05) is 37.6 Å². The molecule has 1 aliphatic rings. The molecule has 2 heterocycles. The van der Waals surface area contributed by atoms with E-state index in [1.54, 1.807) is 17.0 Å². The number of nitrogens with zero attached hydrogens (tertiary/aromatic N) is 4. The molecular weight excluding hydrogens is 409 g/mol. The van der Waals surface area contributed by atoms with E-state index in [4.69, 9.17) is 14.7 Å². The Hall–Kier alpha value is -3.26. The van der Waals surface area contributed by atoms with Gasteiger partial charge in [0.15, 0.2) is 0 Å². The van der Waals surface area contributed by atoms with Crippen LogP contribution in [-0.2, 0) is 11.3 Å². The number of para-hydroxylation sites is 1. The monoisotopic (exact) mass is 437 g/mol. The third kappa shape index (κ3) is 5.13. The second-order valence-electron chi connectivity index (χ2n) is 7.89. The Kier molecular flexibility index (Phi) is 6.80. The number of benzene rings is 2. The lowest BCUT2D eigenvalue weighted by molar-refractivity contribution is 0.0772. The molecule has 1 aromatic heterocycles. The predicted octanol–water partition coefficient (Wildman–Crippen LogP) is 4.22. The van der Waals surface area contributed by atoms with Crippen LogP contribution >= 0.6 is 0 Å². The molecule has 1 saturated heterocycles. The molecule has 0 spiro atoms. The summed E-state index contributed by atoms with van der Waals surface area (Å²) in [5.41, 5.74) is 1.85. The highest BCUT2D eigenvalue weighted by Gasteiger charge is 2.23. The van der Waals surface area contributed by atoms with Crippen LogP contribution in [0.15, 0.2) is 48.5 Å². The average Bonchev–Trinajstić information content (AvgIpc) is 2.80. The van der Waals surface area contributed by atoms with E-state index in [0.29, 0.717) is 26.2 Å². The number of carbonyl (C=O) groups excluding carboxylic acids is 1. The molecule has 3 aromatic rings. The molecular formula is C24H28FN5O2. The van der Waals surface area contributed by atoms with Gasteiger partial charge in [0.1, 0.15) is 17.5 Å². The number of hydrogen-bond acceptors (Lipinski definition) is 6. The lowest BCUT2D eigenvalue weighted by atomic mass is 10.1. The number of halogens is 1. The second-order valence-corrected chi connectivity index (χ2v) is 7.89. The minimum Gasteiger partial charge on any atom is -0.450 e. The molecule has 0 radical (unpaired) electrons. The van der Waals surface area contributed by atoms with E-state index >= 15 is 0 Å². The van der Waals surface area contributed by atoms with E-state index in [9.17, 15) is 9.18 Å². The molecule has 0 saturated carbocycles. The average molecular weight is 438 g/mol. The fourth-order valence-corrected chi connectivity index (χ4v) is 3.85. The maximum absolute atomic E-state index is 13.3. The molecule has 32 heavy (non-hydrogen) atoms. The number of hydrogen-bond donors (Lipinski definition) is 1. The highest BCUT2D eigenvalue weighted by molar-refractivity contribution is 5.89. The summed E-state index contributed by atoms with van der Waals surface area (Å²) in [6.07, 6.45) is -0.254. The quantitative estimate of drug-likeness (QED) is 0.623. The van der Waals surface area contributed by atoms with Crippen molar-refractivity contribution in [3.8, 4) is 0 Å². The molecule has 168 valence electrons. The van der Waals surface area contributed by atoms with Gasteiger partial charge in [-0.3, -0.25) is 4.90 Å². The molecule has 8 heteroatoms. The first-order valence-electron chi connectivity index (χ1n) is 10.9. The van der Waals surface area contributed by atoms with Crippen molar-refractivity contribution in [3.63, 3.8) is 0 Å². The van der Waals surface area contributed by atoms with Crippen LogP contribution in [-0.4, -0.2) is 58.6 Å². The van der Waals surface area contributed by atoms with E-state index in [1.165, 1.54) is 12.1 Å². The van der Waals surface area contributed by atoms with Crippen molar-refractivity contribution < 1.29 is 13.9 Å². The fourth-order valence-electron chi connectivity index (χ4n) is 3.85. The zero-order valence-electron chi connectivity index (χ0n) is 18.4. The SMILES string of the molecule is CCOC(=O)N1CCN(Cc2nc(NC(C)c3ccc(F)cc3)c3ccccc3n2)CC1. The maximum Gasteiger partial charge on any atom is 0.409 e. The van der Waals surface area contributed by atoms with Gasteiger partial charge in [0.25, 0.3) is 0 Å². The number of nitrogens with one attached hydrogen (secondary N) is 1. The smallest absolute Gasteiger partial charge is 0.409 e. The van der Waals surface area contributed by atoms with E-state index in [0.717, 1.165) is 41.2 Å². The molecule has 1 unspecified atom stereocenters. The van der Waals surface area contributed by atoms with Crippen LogP contribution in [0.25, 0.3) is 10.9 Å². The summed E-state index contributed by atoms with van der Waals surface area (Å²) >= 11 is 0. The van der Waals surface area contributed by atoms with Crippen LogP contribution in [0.1, 0.15) is 31.3 Å². The number of carbonyl (C=O) groups is 1. The lowest BCUT2D eigenvalue weighted by Crippen LogP contribution is -2.48. The van der Waals surface area contributed by atoms with E-state index in [2.05, 4.69) is 10.2 Å². The number of ether oxygens (including phenoxy) is 1. The first kappa shape index (κ1) is 22.0. The van der Waals surface area contributed by atoms with Gasteiger partial charge in [-0.15, -0.1) is 0 Å². The molecule has 4 rings (SSSR count). The Balaban J connectivity index is 1.50. The van der Waals surface area contributed by atoms with Gasteiger partial charge in [-0.25, -0.2) is 19.2 Å². The van der Waals surface area contributed by atoms with Gasteiger partial charge in [-0.1, -0.05) is 24.3 Å². The summed E-state index contributed by atoms with van der Waals surface area (Å²) in [6, 6.07) is 14.3. The van der Waals surface area contributed by atoms with Gasteiger partial charge < -0.3 is 15.0 Å². The molecule has 1 atom stereocenters. The van der Waals surface area contributed by atoms with Crippen molar-refractivity contribution in [1.29, 1.82) is 0 Å². The van der Waals surface area contributed by atoms with Crippen molar-refractivity contribution >= 4 is 22.8 Å². The highest BCUT2D eigenvalue weighted by atomic mass is 19.1. The summed E-state index contributed by atoms with van der Waals surface area (Å²) in [6.45, 7) is 7.55. The molecule has 2 aromatic carbocycles. The molecule has 1 aliphatic heterocycles. The number of rotatable bonds is 6. The maximum atomic E-state index is 13.3. The Labute approximate surface area is 187 Å². The molecule has 0 aliphatic carbocycles. The highest BCUT2D eigenvalue weighted by Crippen LogP contribution is 2.25. The molecule has 1 amide bonds. The summed E-state index contributed by atoms with van der Waals surface area (Å²) in [5.74, 6) is 1.23. The van der Waals surface area contributed by atoms with Crippen molar-refractivity contribution in [2.24, 2.45) is 0 Å². The second kappa shape index (κ2) is 9.91. The van der Waals surface area contributed by atoms with Gasteiger partial charge in [0.2, 0.25) is 0 Å². The van der Waals surface area contributed by atoms with Crippen molar-refractivity contribution in [3.05, 3.63) is 65.7 Å². The topological polar surface area (TPSA) is 70.6 Å². The number of anilines is 1. The largest absolute Gasteiger partial charge is 0.450 e. The Morgan fingerprint density at radius 2 is 1.81 bits per heavy atom. The van der Waals surface area contributed by atoms with Crippen LogP contribution < -0.4 is 5.32 Å². The summed E-state index contributed by atoms with van der Waals surface area (Å²) in [7, 11) is 0. The number of aromatic nitrogens is 2. The normalized spacial score (nSPS) is 15.5. The third-order valence-electron chi connectivity index (χ3n) is 5.64. The van der Waals surface area contributed by atoms with Crippen LogP contribution in [0.2, 0.25) is 0 Å². The first-order valence-corrected chi connectivity index (χ1v) is 10.9. The molecule has 1 N–H and O–H groups in total. The van der Waals surface area contributed by atoms with Gasteiger partial charge in [-0.2, -0.15) is 0 Å². The van der Waals surface area contributed by atoms with Crippen LogP contribution in [0, 0.1) is 5.82 Å². The van der Waals surface area contributed by atoms with E-state index < -0.39 is 0 Å². The minimum absolute atomic E-state index is 0.0464. The first-order chi connectivity index (χ1) is 15.5. The fraction of sp³-hybridized carbons (Fsp3) is 0.375. The van der Waals surface area contributed by atoms with Crippen molar-refractivity contribution in [2.75, 3.05) is 38.1 Å².